The number of esters is 1. The Kier molecular flexibility index (Phi) is 5.11. The SMILES string of the molecule is CCOC(=O)CC=Cc1c(C)cccc1C(=O)O. The van der Waals surface area contributed by atoms with Crippen LogP contribution in [0.25, 0.3) is 6.08 Å². The van der Waals surface area contributed by atoms with Gasteiger partial charge in [0.25, 0.3) is 0 Å². The third-order valence-corrected chi connectivity index (χ3v) is 2.43. The number of ether oxygens (including phenoxy) is 1. The van der Waals surface area contributed by atoms with Crippen LogP contribution in [0.2, 0.25) is 0 Å². The van der Waals surface area contributed by atoms with Crippen molar-refractivity contribution in [2.24, 2.45) is 0 Å². The van der Waals surface area contributed by atoms with Gasteiger partial charge in [-0.3, -0.25) is 4.79 Å². The number of hydrogen-bond donors (Lipinski definition) is 1. The minimum absolute atomic E-state index is 0.140. The van der Waals surface area contributed by atoms with E-state index in [1.54, 1.807) is 31.2 Å². The maximum Gasteiger partial charge on any atom is 0.336 e. The Bertz CT molecular complexity index is 475. The molecule has 0 fully saturated rings. The molecule has 0 aromatic heterocycles. The number of aryl methyl sites for hydroxylation is 1. The molecule has 0 aliphatic rings. The summed E-state index contributed by atoms with van der Waals surface area (Å²) < 4.78 is 4.78. The lowest BCUT2D eigenvalue weighted by atomic mass is 10.0. The predicted molar refractivity (Wildman–Crippen MR) is 68.4 cm³/mol. The van der Waals surface area contributed by atoms with Crippen molar-refractivity contribution in [3.8, 4) is 0 Å². The van der Waals surface area contributed by atoms with Gasteiger partial charge in [-0.15, -0.1) is 0 Å². The number of aromatic carboxylic acids is 1. The van der Waals surface area contributed by atoms with Crippen LogP contribution in [0.1, 0.15) is 34.8 Å². The number of carboxylic acid groups (broad SMARTS) is 1. The molecular weight excluding hydrogens is 232 g/mol. The van der Waals surface area contributed by atoms with Gasteiger partial charge in [0.2, 0.25) is 0 Å². The van der Waals surface area contributed by atoms with E-state index < -0.39 is 5.97 Å². The number of carbonyl (C=O) groups is 2. The molecule has 0 unspecified atom stereocenters. The maximum atomic E-state index is 11.1. The van der Waals surface area contributed by atoms with Crippen LogP contribution in [0.5, 0.6) is 0 Å². The van der Waals surface area contributed by atoms with Crippen molar-refractivity contribution >= 4 is 18.0 Å². The fraction of sp³-hybridized carbons (Fsp3) is 0.286. The fourth-order valence-corrected chi connectivity index (χ4v) is 1.58. The van der Waals surface area contributed by atoms with E-state index in [1.807, 2.05) is 13.0 Å². The number of carbonyl (C=O) groups excluding carboxylic acids is 1. The first-order chi connectivity index (χ1) is 8.56. The second kappa shape index (κ2) is 6.59. The van der Waals surface area contributed by atoms with Gasteiger partial charge in [-0.05, 0) is 31.0 Å². The van der Waals surface area contributed by atoms with Crippen molar-refractivity contribution in [2.75, 3.05) is 6.61 Å². The Hall–Kier alpha value is -2.10. The van der Waals surface area contributed by atoms with Crippen LogP contribution < -0.4 is 0 Å². The molecule has 0 saturated carbocycles. The summed E-state index contributed by atoms with van der Waals surface area (Å²) >= 11 is 0. The van der Waals surface area contributed by atoms with Crippen LogP contribution in [-0.2, 0) is 9.53 Å². The molecule has 0 amide bonds. The van der Waals surface area contributed by atoms with E-state index in [4.69, 9.17) is 9.84 Å². The fourth-order valence-electron chi connectivity index (χ4n) is 1.58. The third kappa shape index (κ3) is 3.73. The van der Waals surface area contributed by atoms with Gasteiger partial charge >= 0.3 is 11.9 Å². The Morgan fingerprint density at radius 3 is 2.72 bits per heavy atom. The van der Waals surface area contributed by atoms with Crippen LogP contribution in [0.3, 0.4) is 0 Å². The summed E-state index contributed by atoms with van der Waals surface area (Å²) in [7, 11) is 0. The van der Waals surface area contributed by atoms with Gasteiger partial charge in [-0.25, -0.2) is 4.79 Å². The summed E-state index contributed by atoms with van der Waals surface area (Å²) in [6, 6.07) is 5.07. The molecule has 18 heavy (non-hydrogen) atoms. The summed E-state index contributed by atoms with van der Waals surface area (Å²) in [6.45, 7) is 3.92. The molecule has 1 aromatic carbocycles. The highest BCUT2D eigenvalue weighted by molar-refractivity contribution is 5.93. The van der Waals surface area contributed by atoms with E-state index in [2.05, 4.69) is 0 Å². The van der Waals surface area contributed by atoms with Crippen molar-refractivity contribution in [2.45, 2.75) is 20.3 Å². The maximum absolute atomic E-state index is 11.1. The first-order valence-corrected chi connectivity index (χ1v) is 5.71. The van der Waals surface area contributed by atoms with E-state index in [1.165, 1.54) is 0 Å². The molecule has 96 valence electrons. The van der Waals surface area contributed by atoms with Gasteiger partial charge in [0.05, 0.1) is 18.6 Å². The lowest BCUT2D eigenvalue weighted by Gasteiger charge is -2.04. The van der Waals surface area contributed by atoms with E-state index >= 15 is 0 Å². The van der Waals surface area contributed by atoms with Crippen LogP contribution in [0.4, 0.5) is 0 Å². The average molecular weight is 248 g/mol. The number of carboxylic acids is 1. The molecule has 4 heteroatoms. The smallest absolute Gasteiger partial charge is 0.336 e. The molecule has 4 nitrogen and oxygen atoms in total. The lowest BCUT2D eigenvalue weighted by molar-refractivity contribution is -0.142. The summed E-state index contributed by atoms with van der Waals surface area (Å²) in [4.78, 5) is 22.2. The van der Waals surface area contributed by atoms with Gasteiger partial charge in [0, 0.05) is 0 Å². The number of hydrogen-bond acceptors (Lipinski definition) is 3. The zero-order valence-corrected chi connectivity index (χ0v) is 10.5. The normalized spacial score (nSPS) is 10.6. The largest absolute Gasteiger partial charge is 0.478 e. The Morgan fingerprint density at radius 2 is 2.11 bits per heavy atom. The standard InChI is InChI=1S/C14H16O4/c1-3-18-13(15)9-5-7-11-10(2)6-4-8-12(11)14(16)17/h4-8H,3,9H2,1-2H3,(H,16,17). The van der Waals surface area contributed by atoms with Crippen LogP contribution in [0.15, 0.2) is 24.3 Å². The van der Waals surface area contributed by atoms with Crippen LogP contribution in [0, 0.1) is 6.92 Å². The van der Waals surface area contributed by atoms with Crippen molar-refractivity contribution in [1.29, 1.82) is 0 Å². The summed E-state index contributed by atoms with van der Waals surface area (Å²) in [5.74, 6) is -1.30. The van der Waals surface area contributed by atoms with Gasteiger partial charge < -0.3 is 9.84 Å². The minimum Gasteiger partial charge on any atom is -0.478 e. The van der Waals surface area contributed by atoms with Gasteiger partial charge in [-0.1, -0.05) is 24.3 Å². The molecule has 1 aromatic rings. The van der Waals surface area contributed by atoms with Crippen LogP contribution >= 0.6 is 0 Å². The lowest BCUT2D eigenvalue weighted by Crippen LogP contribution is -2.02. The first-order valence-electron chi connectivity index (χ1n) is 5.71. The highest BCUT2D eigenvalue weighted by Gasteiger charge is 2.09. The second-order valence-electron chi connectivity index (χ2n) is 3.75. The zero-order chi connectivity index (χ0) is 13.5. The molecule has 0 spiro atoms. The van der Waals surface area contributed by atoms with Gasteiger partial charge in [-0.2, -0.15) is 0 Å². The molecule has 0 bridgehead atoms. The summed E-state index contributed by atoms with van der Waals surface area (Å²) in [5, 5.41) is 9.06. The Labute approximate surface area is 106 Å². The molecule has 1 rings (SSSR count). The third-order valence-electron chi connectivity index (χ3n) is 2.43. The summed E-state index contributed by atoms with van der Waals surface area (Å²) in [5.41, 5.74) is 1.71. The Morgan fingerprint density at radius 1 is 1.39 bits per heavy atom. The van der Waals surface area contributed by atoms with E-state index in [-0.39, 0.29) is 18.0 Å². The average Bonchev–Trinajstić information content (AvgIpc) is 2.31. The van der Waals surface area contributed by atoms with E-state index in [0.29, 0.717) is 12.2 Å². The van der Waals surface area contributed by atoms with Crippen molar-refractivity contribution in [1.82, 2.24) is 0 Å². The Balaban J connectivity index is 2.86. The zero-order valence-electron chi connectivity index (χ0n) is 10.5. The molecule has 0 aliphatic heterocycles. The molecule has 0 saturated heterocycles. The van der Waals surface area contributed by atoms with Crippen molar-refractivity contribution in [3.05, 3.63) is 41.0 Å². The monoisotopic (exact) mass is 248 g/mol. The first kappa shape index (κ1) is 14.0. The highest BCUT2D eigenvalue weighted by Crippen LogP contribution is 2.16. The van der Waals surface area contributed by atoms with Crippen LogP contribution in [-0.4, -0.2) is 23.7 Å². The molecule has 0 aliphatic carbocycles. The molecule has 0 atom stereocenters. The quantitative estimate of drug-likeness (QED) is 0.814. The van der Waals surface area contributed by atoms with E-state index in [9.17, 15) is 9.59 Å². The number of benzene rings is 1. The summed E-state index contributed by atoms with van der Waals surface area (Å²) in [6.07, 6.45) is 3.41. The molecular formula is C14H16O4. The van der Waals surface area contributed by atoms with Gasteiger partial charge in [0.1, 0.15) is 0 Å². The van der Waals surface area contributed by atoms with Gasteiger partial charge in [0.15, 0.2) is 0 Å². The topological polar surface area (TPSA) is 63.6 Å². The van der Waals surface area contributed by atoms with Crippen molar-refractivity contribution < 1.29 is 19.4 Å². The molecule has 0 heterocycles. The minimum atomic E-state index is -0.977. The number of rotatable bonds is 5. The molecule has 1 N–H and O–H groups in total. The highest BCUT2D eigenvalue weighted by atomic mass is 16.5. The second-order valence-corrected chi connectivity index (χ2v) is 3.75. The van der Waals surface area contributed by atoms with Crippen molar-refractivity contribution in [3.63, 3.8) is 0 Å². The predicted octanol–water partition coefficient (Wildman–Crippen LogP) is 2.66. The molecule has 0 radical (unpaired) electrons. The van der Waals surface area contributed by atoms with E-state index in [0.717, 1.165) is 5.56 Å².